The van der Waals surface area contributed by atoms with Crippen LogP contribution in [0.1, 0.15) is 37.8 Å². The maximum Gasteiger partial charge on any atom is 0.241 e. The summed E-state index contributed by atoms with van der Waals surface area (Å²) in [7, 11) is -3.80. The molecule has 2 aromatic rings. The summed E-state index contributed by atoms with van der Waals surface area (Å²) < 4.78 is 33.6. The van der Waals surface area contributed by atoms with Crippen molar-refractivity contribution in [1.29, 1.82) is 0 Å². The van der Waals surface area contributed by atoms with Crippen molar-refractivity contribution < 1.29 is 17.9 Å². The van der Waals surface area contributed by atoms with Crippen LogP contribution in [0.3, 0.4) is 0 Å². The molecule has 3 rings (SSSR count). The summed E-state index contributed by atoms with van der Waals surface area (Å²) in [6.45, 7) is 7.12. The zero-order valence-electron chi connectivity index (χ0n) is 18.5. The van der Waals surface area contributed by atoms with E-state index in [9.17, 15) is 13.2 Å². The highest BCUT2D eigenvalue weighted by Crippen LogP contribution is 2.24. The fraction of sp³-hybridized carbons (Fsp3) is 0.458. The SMILES string of the molecule is CCOc1ccc(S(=O)(=O)N[C@H](C)C(=O)N2CCC(Cc3ccccc3)CC2)cc1C. The predicted molar refractivity (Wildman–Crippen MR) is 122 cm³/mol. The Hall–Kier alpha value is -2.38. The van der Waals surface area contributed by atoms with Crippen LogP contribution in [0.4, 0.5) is 0 Å². The third kappa shape index (κ3) is 6.08. The van der Waals surface area contributed by atoms with Crippen molar-refractivity contribution in [1.82, 2.24) is 9.62 Å². The molecule has 168 valence electrons. The molecule has 1 heterocycles. The van der Waals surface area contributed by atoms with E-state index in [4.69, 9.17) is 4.74 Å². The van der Waals surface area contributed by atoms with Crippen LogP contribution >= 0.6 is 0 Å². The number of hydrogen-bond donors (Lipinski definition) is 1. The molecule has 1 saturated heterocycles. The number of piperidine rings is 1. The number of amides is 1. The normalized spacial score (nSPS) is 16.2. The van der Waals surface area contributed by atoms with Gasteiger partial charge >= 0.3 is 0 Å². The molecule has 0 aromatic heterocycles. The molecular weight excluding hydrogens is 412 g/mol. The Bertz CT molecular complexity index is 984. The third-order valence-corrected chi connectivity index (χ3v) is 7.29. The molecule has 0 bridgehead atoms. The first-order valence-electron chi connectivity index (χ1n) is 10.9. The molecule has 0 aliphatic carbocycles. The topological polar surface area (TPSA) is 75.7 Å². The van der Waals surface area contributed by atoms with E-state index in [1.54, 1.807) is 30.9 Å². The first-order valence-corrected chi connectivity index (χ1v) is 12.4. The summed E-state index contributed by atoms with van der Waals surface area (Å²) in [5, 5.41) is 0. The maximum atomic E-state index is 12.9. The van der Waals surface area contributed by atoms with Gasteiger partial charge in [0.15, 0.2) is 0 Å². The van der Waals surface area contributed by atoms with E-state index in [1.807, 2.05) is 25.1 Å². The second-order valence-electron chi connectivity index (χ2n) is 8.16. The molecule has 7 heteroatoms. The lowest BCUT2D eigenvalue weighted by Crippen LogP contribution is -2.49. The predicted octanol–water partition coefficient (Wildman–Crippen LogP) is 3.54. The minimum atomic E-state index is -3.80. The van der Waals surface area contributed by atoms with Crippen LogP contribution in [-0.2, 0) is 21.2 Å². The Morgan fingerprint density at radius 3 is 2.45 bits per heavy atom. The van der Waals surface area contributed by atoms with Gasteiger partial charge in [0, 0.05) is 13.1 Å². The van der Waals surface area contributed by atoms with E-state index in [1.165, 1.54) is 11.6 Å². The molecule has 6 nitrogen and oxygen atoms in total. The highest BCUT2D eigenvalue weighted by atomic mass is 32.2. The van der Waals surface area contributed by atoms with Gasteiger partial charge < -0.3 is 9.64 Å². The summed E-state index contributed by atoms with van der Waals surface area (Å²) >= 11 is 0. The zero-order chi connectivity index (χ0) is 22.4. The highest BCUT2D eigenvalue weighted by Gasteiger charge is 2.29. The summed E-state index contributed by atoms with van der Waals surface area (Å²) in [6, 6.07) is 14.3. The molecule has 1 aliphatic rings. The molecule has 0 saturated carbocycles. The van der Waals surface area contributed by atoms with Gasteiger partial charge in [-0.2, -0.15) is 4.72 Å². The summed E-state index contributed by atoms with van der Waals surface area (Å²) in [6.07, 6.45) is 2.87. The van der Waals surface area contributed by atoms with Gasteiger partial charge in [-0.05, 0) is 75.3 Å². The van der Waals surface area contributed by atoms with E-state index < -0.39 is 16.1 Å². The van der Waals surface area contributed by atoms with Crippen molar-refractivity contribution in [2.75, 3.05) is 19.7 Å². The van der Waals surface area contributed by atoms with E-state index in [0.717, 1.165) is 24.8 Å². The van der Waals surface area contributed by atoms with Gasteiger partial charge in [-0.15, -0.1) is 0 Å². The number of ether oxygens (including phenoxy) is 1. The summed E-state index contributed by atoms with van der Waals surface area (Å²) in [5.41, 5.74) is 2.06. The quantitative estimate of drug-likeness (QED) is 0.676. The molecule has 1 N–H and O–H groups in total. The van der Waals surface area contributed by atoms with Crippen molar-refractivity contribution in [3.05, 3.63) is 59.7 Å². The van der Waals surface area contributed by atoms with Gasteiger partial charge in [-0.1, -0.05) is 30.3 Å². The molecule has 0 radical (unpaired) electrons. The van der Waals surface area contributed by atoms with Crippen molar-refractivity contribution in [3.8, 4) is 5.75 Å². The number of sulfonamides is 1. The lowest BCUT2D eigenvalue weighted by Gasteiger charge is -2.33. The molecule has 1 atom stereocenters. The Balaban J connectivity index is 1.56. The van der Waals surface area contributed by atoms with Crippen LogP contribution in [0.5, 0.6) is 5.75 Å². The molecule has 1 amide bonds. The van der Waals surface area contributed by atoms with Crippen molar-refractivity contribution in [2.45, 2.75) is 51.0 Å². The van der Waals surface area contributed by atoms with Crippen LogP contribution in [0.2, 0.25) is 0 Å². The summed E-state index contributed by atoms with van der Waals surface area (Å²) in [5.74, 6) is 1.03. The van der Waals surface area contributed by atoms with E-state index in [-0.39, 0.29) is 10.8 Å². The lowest BCUT2D eigenvalue weighted by molar-refractivity contribution is -0.133. The standard InChI is InChI=1S/C24H32N2O4S/c1-4-30-23-11-10-22(16-18(23)2)31(28,29)25-19(3)24(27)26-14-12-21(13-15-26)17-20-8-6-5-7-9-20/h5-11,16,19,21,25H,4,12-15,17H2,1-3H3/t19-/m1/s1. The Morgan fingerprint density at radius 2 is 1.84 bits per heavy atom. The van der Waals surface area contributed by atoms with Crippen LogP contribution in [-0.4, -0.2) is 45.0 Å². The van der Waals surface area contributed by atoms with E-state index in [2.05, 4.69) is 16.9 Å². The number of carbonyl (C=O) groups excluding carboxylic acids is 1. The maximum absolute atomic E-state index is 12.9. The fourth-order valence-electron chi connectivity index (χ4n) is 4.04. The van der Waals surface area contributed by atoms with Crippen LogP contribution < -0.4 is 9.46 Å². The van der Waals surface area contributed by atoms with Gasteiger partial charge in [0.1, 0.15) is 5.75 Å². The Labute approximate surface area is 185 Å². The first-order chi connectivity index (χ1) is 14.8. The lowest BCUT2D eigenvalue weighted by atomic mass is 9.90. The molecular formula is C24H32N2O4S. The second-order valence-corrected chi connectivity index (χ2v) is 9.88. The molecule has 1 fully saturated rings. The number of nitrogens with one attached hydrogen (secondary N) is 1. The minimum Gasteiger partial charge on any atom is -0.494 e. The molecule has 0 unspecified atom stereocenters. The van der Waals surface area contributed by atoms with Gasteiger partial charge in [0.25, 0.3) is 0 Å². The van der Waals surface area contributed by atoms with Crippen LogP contribution in [0.25, 0.3) is 0 Å². The number of hydrogen-bond acceptors (Lipinski definition) is 4. The molecule has 2 aromatic carbocycles. The van der Waals surface area contributed by atoms with Crippen molar-refractivity contribution in [3.63, 3.8) is 0 Å². The molecule has 0 spiro atoms. The monoisotopic (exact) mass is 444 g/mol. The second kappa shape index (κ2) is 10.3. The average molecular weight is 445 g/mol. The first kappa shape index (κ1) is 23.3. The highest BCUT2D eigenvalue weighted by molar-refractivity contribution is 7.89. The van der Waals surface area contributed by atoms with Crippen molar-refractivity contribution >= 4 is 15.9 Å². The number of benzene rings is 2. The largest absolute Gasteiger partial charge is 0.494 e. The third-order valence-electron chi connectivity index (χ3n) is 5.75. The number of carbonyl (C=O) groups is 1. The smallest absolute Gasteiger partial charge is 0.241 e. The van der Waals surface area contributed by atoms with Gasteiger partial charge in [0.2, 0.25) is 15.9 Å². The Morgan fingerprint density at radius 1 is 1.16 bits per heavy atom. The molecule has 31 heavy (non-hydrogen) atoms. The van der Waals surface area contributed by atoms with Crippen molar-refractivity contribution in [2.24, 2.45) is 5.92 Å². The van der Waals surface area contributed by atoms with Gasteiger partial charge in [-0.3, -0.25) is 4.79 Å². The molecule has 1 aliphatic heterocycles. The number of aryl methyl sites for hydroxylation is 1. The van der Waals surface area contributed by atoms with E-state index in [0.29, 0.717) is 31.4 Å². The Kier molecular flexibility index (Phi) is 7.73. The fourth-order valence-corrected chi connectivity index (χ4v) is 5.32. The number of nitrogens with zero attached hydrogens (tertiary/aromatic N) is 1. The summed E-state index contributed by atoms with van der Waals surface area (Å²) in [4.78, 5) is 14.8. The minimum absolute atomic E-state index is 0.134. The zero-order valence-corrected chi connectivity index (χ0v) is 19.3. The number of rotatable bonds is 8. The van der Waals surface area contributed by atoms with Crippen LogP contribution in [0.15, 0.2) is 53.4 Å². The van der Waals surface area contributed by atoms with E-state index >= 15 is 0 Å². The number of likely N-dealkylation sites (tertiary alicyclic amines) is 1. The van der Waals surface area contributed by atoms with Gasteiger partial charge in [0.05, 0.1) is 17.5 Å². The van der Waals surface area contributed by atoms with Crippen LogP contribution in [0, 0.1) is 12.8 Å². The average Bonchev–Trinajstić information content (AvgIpc) is 2.75. The van der Waals surface area contributed by atoms with Gasteiger partial charge in [-0.25, -0.2) is 8.42 Å².